The number of benzene rings is 2. The molecule has 3 heteroatoms. The Morgan fingerprint density at radius 2 is 1.74 bits per heavy atom. The molecular formula is C16H18ClNO. The van der Waals surface area contributed by atoms with Crippen molar-refractivity contribution in [2.75, 3.05) is 6.61 Å². The van der Waals surface area contributed by atoms with Crippen LogP contribution in [0.2, 0.25) is 5.02 Å². The van der Waals surface area contributed by atoms with Crippen LogP contribution in [0.1, 0.15) is 29.7 Å². The highest BCUT2D eigenvalue weighted by atomic mass is 35.5. The Balaban J connectivity index is 2.22. The van der Waals surface area contributed by atoms with Gasteiger partial charge in [0.25, 0.3) is 0 Å². The summed E-state index contributed by atoms with van der Waals surface area (Å²) in [5.41, 5.74) is 9.38. The second-order valence-electron chi connectivity index (χ2n) is 4.49. The molecule has 0 aliphatic heterocycles. The van der Waals surface area contributed by atoms with Crippen LogP contribution >= 0.6 is 11.6 Å². The zero-order chi connectivity index (χ0) is 13.8. The molecule has 0 radical (unpaired) electrons. The molecule has 0 aliphatic rings. The van der Waals surface area contributed by atoms with Crippen molar-refractivity contribution in [3.63, 3.8) is 0 Å². The van der Waals surface area contributed by atoms with E-state index in [9.17, 15) is 0 Å². The molecule has 0 fully saturated rings. The molecule has 0 heterocycles. The van der Waals surface area contributed by atoms with Gasteiger partial charge in [0.1, 0.15) is 5.75 Å². The molecule has 0 saturated heterocycles. The van der Waals surface area contributed by atoms with Gasteiger partial charge in [0.15, 0.2) is 0 Å². The van der Waals surface area contributed by atoms with Gasteiger partial charge in [-0.25, -0.2) is 0 Å². The molecule has 2 N–H and O–H groups in total. The molecule has 2 nitrogen and oxygen atoms in total. The maximum atomic E-state index is 6.26. The van der Waals surface area contributed by atoms with E-state index in [1.165, 1.54) is 0 Å². The summed E-state index contributed by atoms with van der Waals surface area (Å²) in [5.74, 6) is 0.861. The Morgan fingerprint density at radius 1 is 1.11 bits per heavy atom. The van der Waals surface area contributed by atoms with Gasteiger partial charge in [-0.2, -0.15) is 0 Å². The van der Waals surface area contributed by atoms with Crippen molar-refractivity contribution in [2.24, 2.45) is 5.73 Å². The first-order valence-electron chi connectivity index (χ1n) is 6.36. The molecule has 0 saturated carbocycles. The number of hydrogen-bond acceptors (Lipinski definition) is 2. The Bertz CT molecular complexity index is 551. The summed E-state index contributed by atoms with van der Waals surface area (Å²) in [6.07, 6.45) is 0. The quantitative estimate of drug-likeness (QED) is 0.912. The van der Waals surface area contributed by atoms with Gasteiger partial charge in [0.2, 0.25) is 0 Å². The third-order valence-electron chi connectivity index (χ3n) is 3.11. The number of halogens is 1. The topological polar surface area (TPSA) is 35.2 Å². The molecule has 0 aromatic heterocycles. The smallest absolute Gasteiger partial charge is 0.119 e. The summed E-state index contributed by atoms with van der Waals surface area (Å²) in [6, 6.07) is 13.6. The highest BCUT2D eigenvalue weighted by molar-refractivity contribution is 6.31. The monoisotopic (exact) mass is 275 g/mol. The van der Waals surface area contributed by atoms with Crippen LogP contribution in [-0.2, 0) is 0 Å². The minimum absolute atomic E-state index is 0.172. The molecular weight excluding hydrogens is 258 g/mol. The van der Waals surface area contributed by atoms with Crippen molar-refractivity contribution < 1.29 is 4.74 Å². The number of hydrogen-bond donors (Lipinski definition) is 1. The Labute approximate surface area is 119 Å². The van der Waals surface area contributed by atoms with Crippen molar-refractivity contribution in [1.29, 1.82) is 0 Å². The summed E-state index contributed by atoms with van der Waals surface area (Å²) >= 11 is 6.14. The zero-order valence-electron chi connectivity index (χ0n) is 11.2. The second kappa shape index (κ2) is 6.09. The molecule has 0 amide bonds. The average Bonchev–Trinajstić information content (AvgIpc) is 2.42. The summed E-state index contributed by atoms with van der Waals surface area (Å²) in [6.45, 7) is 4.61. The van der Waals surface area contributed by atoms with Crippen molar-refractivity contribution in [1.82, 2.24) is 0 Å². The summed E-state index contributed by atoms with van der Waals surface area (Å²) in [5, 5.41) is 0.749. The van der Waals surface area contributed by atoms with E-state index in [-0.39, 0.29) is 6.04 Å². The van der Waals surface area contributed by atoms with Crippen LogP contribution in [-0.4, -0.2) is 6.61 Å². The molecule has 2 aromatic rings. The zero-order valence-corrected chi connectivity index (χ0v) is 11.9. The largest absolute Gasteiger partial charge is 0.494 e. The lowest BCUT2D eigenvalue weighted by Crippen LogP contribution is -2.11. The molecule has 1 atom stereocenters. The van der Waals surface area contributed by atoms with Crippen LogP contribution in [0.15, 0.2) is 42.5 Å². The molecule has 19 heavy (non-hydrogen) atoms. The van der Waals surface area contributed by atoms with E-state index in [1.54, 1.807) is 0 Å². The van der Waals surface area contributed by atoms with Crippen molar-refractivity contribution in [3.8, 4) is 5.75 Å². The lowest BCUT2D eigenvalue weighted by atomic mass is 9.99. The number of rotatable bonds is 4. The van der Waals surface area contributed by atoms with Crippen LogP contribution in [0.25, 0.3) is 0 Å². The number of nitrogens with two attached hydrogens (primary N) is 1. The van der Waals surface area contributed by atoms with E-state index < -0.39 is 0 Å². The van der Waals surface area contributed by atoms with Crippen LogP contribution in [0, 0.1) is 6.92 Å². The summed E-state index contributed by atoms with van der Waals surface area (Å²) in [4.78, 5) is 0. The van der Waals surface area contributed by atoms with E-state index in [4.69, 9.17) is 22.1 Å². The van der Waals surface area contributed by atoms with E-state index in [2.05, 4.69) is 0 Å². The van der Waals surface area contributed by atoms with Gasteiger partial charge in [-0.15, -0.1) is 0 Å². The van der Waals surface area contributed by atoms with E-state index in [1.807, 2.05) is 56.3 Å². The number of ether oxygens (including phenoxy) is 1. The van der Waals surface area contributed by atoms with Gasteiger partial charge < -0.3 is 10.5 Å². The average molecular weight is 276 g/mol. The van der Waals surface area contributed by atoms with Crippen LogP contribution in [0.4, 0.5) is 0 Å². The van der Waals surface area contributed by atoms with Gasteiger partial charge >= 0.3 is 0 Å². The lowest BCUT2D eigenvalue weighted by Gasteiger charge is -2.14. The maximum absolute atomic E-state index is 6.26. The Morgan fingerprint density at radius 3 is 2.32 bits per heavy atom. The molecule has 0 bridgehead atoms. The molecule has 0 spiro atoms. The van der Waals surface area contributed by atoms with Crippen molar-refractivity contribution >= 4 is 11.6 Å². The third-order valence-corrected chi connectivity index (χ3v) is 3.51. The summed E-state index contributed by atoms with van der Waals surface area (Å²) < 4.78 is 5.42. The molecule has 2 rings (SSSR count). The van der Waals surface area contributed by atoms with Gasteiger partial charge in [-0.3, -0.25) is 0 Å². The van der Waals surface area contributed by atoms with Crippen LogP contribution in [0.3, 0.4) is 0 Å². The minimum atomic E-state index is -0.172. The van der Waals surface area contributed by atoms with E-state index >= 15 is 0 Å². The van der Waals surface area contributed by atoms with E-state index in [0.29, 0.717) is 6.61 Å². The predicted molar refractivity (Wildman–Crippen MR) is 79.8 cm³/mol. The molecule has 1 unspecified atom stereocenters. The van der Waals surface area contributed by atoms with E-state index in [0.717, 1.165) is 27.5 Å². The van der Waals surface area contributed by atoms with Crippen LogP contribution in [0.5, 0.6) is 5.75 Å². The normalized spacial score (nSPS) is 12.2. The first-order chi connectivity index (χ1) is 9.11. The molecule has 100 valence electrons. The third kappa shape index (κ3) is 3.28. The van der Waals surface area contributed by atoms with Gasteiger partial charge in [-0.05, 0) is 48.7 Å². The minimum Gasteiger partial charge on any atom is -0.494 e. The van der Waals surface area contributed by atoms with Crippen LogP contribution < -0.4 is 10.5 Å². The Hall–Kier alpha value is -1.51. The Kier molecular flexibility index (Phi) is 4.46. The second-order valence-corrected chi connectivity index (χ2v) is 4.90. The fourth-order valence-corrected chi connectivity index (χ4v) is 2.12. The SMILES string of the molecule is CCOc1ccc(C(N)c2ccc(C)c(Cl)c2)cc1. The lowest BCUT2D eigenvalue weighted by molar-refractivity contribution is 0.340. The van der Waals surface area contributed by atoms with Gasteiger partial charge in [0.05, 0.1) is 12.6 Å². The predicted octanol–water partition coefficient (Wildman–Crippen LogP) is 4.10. The molecule has 0 aliphatic carbocycles. The maximum Gasteiger partial charge on any atom is 0.119 e. The standard InChI is InChI=1S/C16H18ClNO/c1-3-19-14-8-6-12(7-9-14)16(18)13-5-4-11(2)15(17)10-13/h4-10,16H,3,18H2,1-2H3. The number of aryl methyl sites for hydroxylation is 1. The first kappa shape index (κ1) is 13.9. The highest BCUT2D eigenvalue weighted by Crippen LogP contribution is 2.25. The highest BCUT2D eigenvalue weighted by Gasteiger charge is 2.10. The fourth-order valence-electron chi connectivity index (χ4n) is 1.93. The van der Waals surface area contributed by atoms with Crippen molar-refractivity contribution in [2.45, 2.75) is 19.9 Å². The summed E-state index contributed by atoms with van der Waals surface area (Å²) in [7, 11) is 0. The van der Waals surface area contributed by atoms with Gasteiger partial charge in [0, 0.05) is 5.02 Å². The molecule has 2 aromatic carbocycles. The van der Waals surface area contributed by atoms with Crippen molar-refractivity contribution in [3.05, 3.63) is 64.2 Å². The fraction of sp³-hybridized carbons (Fsp3) is 0.250. The first-order valence-corrected chi connectivity index (χ1v) is 6.74. The van der Waals surface area contributed by atoms with Gasteiger partial charge in [-0.1, -0.05) is 35.9 Å².